The molecule has 1 fully saturated rings. The molecule has 2 heterocycles. The molecule has 2 rings (SSSR count). The third kappa shape index (κ3) is 2.56. The quantitative estimate of drug-likeness (QED) is 0.783. The van der Waals surface area contributed by atoms with Crippen LogP contribution >= 0.6 is 0 Å². The molecular weight excluding hydrogens is 180 g/mol. The molecule has 1 aliphatic heterocycles. The first-order valence-electron chi connectivity index (χ1n) is 5.05. The van der Waals surface area contributed by atoms with Crippen molar-refractivity contribution >= 4 is 0 Å². The molecule has 0 aromatic carbocycles. The van der Waals surface area contributed by atoms with Gasteiger partial charge in [-0.25, -0.2) is 0 Å². The highest BCUT2D eigenvalue weighted by Crippen LogP contribution is 2.11. The molecule has 1 aromatic heterocycles. The lowest BCUT2D eigenvalue weighted by molar-refractivity contribution is 0.185. The van der Waals surface area contributed by atoms with Crippen LogP contribution in [0, 0.1) is 12.8 Å². The van der Waals surface area contributed by atoms with E-state index in [0.717, 1.165) is 37.8 Å². The number of nitrogens with zero attached hydrogens (tertiary/aromatic N) is 1. The normalized spacial score (nSPS) is 21.6. The van der Waals surface area contributed by atoms with E-state index in [-0.39, 0.29) is 0 Å². The van der Waals surface area contributed by atoms with Gasteiger partial charge in [0.1, 0.15) is 0 Å². The molecule has 1 aromatic rings. The molecule has 78 valence electrons. The van der Waals surface area contributed by atoms with Crippen molar-refractivity contribution in [2.75, 3.05) is 19.8 Å². The van der Waals surface area contributed by atoms with Crippen molar-refractivity contribution in [1.29, 1.82) is 0 Å². The molecule has 0 aliphatic carbocycles. The van der Waals surface area contributed by atoms with E-state index in [1.165, 1.54) is 6.42 Å². The summed E-state index contributed by atoms with van der Waals surface area (Å²) in [5, 5.41) is 7.17. The number of aromatic nitrogens is 1. The Morgan fingerprint density at radius 2 is 2.57 bits per heavy atom. The van der Waals surface area contributed by atoms with Crippen molar-refractivity contribution in [3.8, 4) is 0 Å². The fourth-order valence-corrected chi connectivity index (χ4v) is 1.64. The van der Waals surface area contributed by atoms with Crippen LogP contribution in [0.2, 0.25) is 0 Å². The minimum atomic E-state index is 0.666. The minimum Gasteiger partial charge on any atom is -0.381 e. The van der Waals surface area contributed by atoms with Crippen molar-refractivity contribution in [2.24, 2.45) is 5.92 Å². The minimum absolute atomic E-state index is 0.666. The first kappa shape index (κ1) is 9.68. The number of aryl methyl sites for hydroxylation is 1. The molecule has 1 saturated heterocycles. The molecule has 0 bridgehead atoms. The molecule has 4 heteroatoms. The lowest BCUT2D eigenvalue weighted by Crippen LogP contribution is -2.22. The lowest BCUT2D eigenvalue weighted by atomic mass is 10.1. The highest BCUT2D eigenvalue weighted by atomic mass is 16.5. The van der Waals surface area contributed by atoms with Gasteiger partial charge < -0.3 is 14.6 Å². The van der Waals surface area contributed by atoms with E-state index in [4.69, 9.17) is 9.26 Å². The number of hydrogen-bond acceptors (Lipinski definition) is 4. The summed E-state index contributed by atoms with van der Waals surface area (Å²) in [6.07, 6.45) is 1.17. The summed E-state index contributed by atoms with van der Waals surface area (Å²) < 4.78 is 10.4. The summed E-state index contributed by atoms with van der Waals surface area (Å²) in [6, 6.07) is 1.96. The van der Waals surface area contributed by atoms with Crippen LogP contribution in [0.25, 0.3) is 0 Å². The smallest absolute Gasteiger partial charge is 0.150 e. The van der Waals surface area contributed by atoms with Gasteiger partial charge in [-0.2, -0.15) is 0 Å². The van der Waals surface area contributed by atoms with Gasteiger partial charge in [0.05, 0.1) is 18.8 Å². The molecule has 4 nitrogen and oxygen atoms in total. The zero-order chi connectivity index (χ0) is 9.80. The zero-order valence-electron chi connectivity index (χ0n) is 8.45. The molecular formula is C10H16N2O2. The third-order valence-corrected chi connectivity index (χ3v) is 2.43. The van der Waals surface area contributed by atoms with E-state index >= 15 is 0 Å². The summed E-state index contributed by atoms with van der Waals surface area (Å²) in [7, 11) is 0. The Labute approximate surface area is 83.6 Å². The van der Waals surface area contributed by atoms with Crippen LogP contribution in [0.4, 0.5) is 0 Å². The first-order chi connectivity index (χ1) is 6.84. The van der Waals surface area contributed by atoms with E-state index in [2.05, 4.69) is 10.5 Å². The topological polar surface area (TPSA) is 47.3 Å². The summed E-state index contributed by atoms with van der Waals surface area (Å²) >= 11 is 0. The van der Waals surface area contributed by atoms with Gasteiger partial charge in [0.25, 0.3) is 0 Å². The Bertz CT molecular complexity index is 279. The molecule has 1 aliphatic rings. The van der Waals surface area contributed by atoms with Gasteiger partial charge in [-0.05, 0) is 19.3 Å². The van der Waals surface area contributed by atoms with Crippen LogP contribution in [0.15, 0.2) is 10.6 Å². The van der Waals surface area contributed by atoms with Gasteiger partial charge >= 0.3 is 0 Å². The molecule has 1 atom stereocenters. The molecule has 1 unspecified atom stereocenters. The summed E-state index contributed by atoms with van der Waals surface area (Å²) in [4.78, 5) is 0. The van der Waals surface area contributed by atoms with Gasteiger partial charge in [-0.15, -0.1) is 0 Å². The molecule has 1 N–H and O–H groups in total. The second-order valence-electron chi connectivity index (χ2n) is 3.80. The van der Waals surface area contributed by atoms with Crippen molar-refractivity contribution in [3.63, 3.8) is 0 Å². The second-order valence-corrected chi connectivity index (χ2v) is 3.80. The standard InChI is InChI=1S/C10H16N2O2/c1-8-4-10(14-12-8)6-11-5-9-2-3-13-7-9/h4,9,11H,2-3,5-7H2,1H3. The fraction of sp³-hybridized carbons (Fsp3) is 0.700. The number of rotatable bonds is 4. The monoisotopic (exact) mass is 196 g/mol. The maximum atomic E-state index is 5.29. The van der Waals surface area contributed by atoms with Crippen molar-refractivity contribution in [2.45, 2.75) is 19.9 Å². The Morgan fingerprint density at radius 1 is 1.64 bits per heavy atom. The molecule has 14 heavy (non-hydrogen) atoms. The van der Waals surface area contributed by atoms with Gasteiger partial charge in [0, 0.05) is 19.2 Å². The van der Waals surface area contributed by atoms with Gasteiger partial charge in [0.15, 0.2) is 5.76 Å². The summed E-state index contributed by atoms with van der Waals surface area (Å²) in [6.45, 7) is 5.49. The van der Waals surface area contributed by atoms with E-state index in [0.29, 0.717) is 5.92 Å². The van der Waals surface area contributed by atoms with Crippen molar-refractivity contribution in [1.82, 2.24) is 10.5 Å². The maximum Gasteiger partial charge on any atom is 0.150 e. The predicted molar refractivity (Wildman–Crippen MR) is 51.9 cm³/mol. The van der Waals surface area contributed by atoms with Gasteiger partial charge in [0.2, 0.25) is 0 Å². The fourth-order valence-electron chi connectivity index (χ4n) is 1.64. The number of ether oxygens (including phenoxy) is 1. The molecule has 0 spiro atoms. The largest absolute Gasteiger partial charge is 0.381 e. The predicted octanol–water partition coefficient (Wildman–Crippen LogP) is 1.11. The Morgan fingerprint density at radius 3 is 3.21 bits per heavy atom. The van der Waals surface area contributed by atoms with Crippen LogP contribution in [-0.2, 0) is 11.3 Å². The Balaban J connectivity index is 1.67. The SMILES string of the molecule is Cc1cc(CNCC2CCOC2)on1. The molecule has 0 radical (unpaired) electrons. The van der Waals surface area contributed by atoms with Crippen LogP contribution in [0.5, 0.6) is 0 Å². The highest BCUT2D eigenvalue weighted by molar-refractivity contribution is 5.02. The average molecular weight is 196 g/mol. The van der Waals surface area contributed by atoms with Crippen molar-refractivity contribution < 1.29 is 9.26 Å². The van der Waals surface area contributed by atoms with E-state index in [9.17, 15) is 0 Å². The molecule has 0 amide bonds. The van der Waals surface area contributed by atoms with Gasteiger partial charge in [-0.3, -0.25) is 0 Å². The second kappa shape index (κ2) is 4.57. The average Bonchev–Trinajstić information content (AvgIpc) is 2.77. The summed E-state index contributed by atoms with van der Waals surface area (Å²) in [5.41, 5.74) is 0.936. The number of hydrogen-bond donors (Lipinski definition) is 1. The van der Waals surface area contributed by atoms with Crippen LogP contribution in [0.1, 0.15) is 17.9 Å². The highest BCUT2D eigenvalue weighted by Gasteiger charge is 2.14. The van der Waals surface area contributed by atoms with Crippen LogP contribution in [-0.4, -0.2) is 24.9 Å². The zero-order valence-corrected chi connectivity index (χ0v) is 8.45. The van der Waals surface area contributed by atoms with E-state index < -0.39 is 0 Å². The maximum absolute atomic E-state index is 5.29. The molecule has 0 saturated carbocycles. The van der Waals surface area contributed by atoms with Crippen LogP contribution in [0.3, 0.4) is 0 Å². The summed E-state index contributed by atoms with van der Waals surface area (Å²) in [5.74, 6) is 1.57. The van der Waals surface area contributed by atoms with Crippen LogP contribution < -0.4 is 5.32 Å². The lowest BCUT2D eigenvalue weighted by Gasteiger charge is -2.06. The Hall–Kier alpha value is -0.870. The third-order valence-electron chi connectivity index (χ3n) is 2.43. The number of nitrogens with one attached hydrogen (secondary N) is 1. The van der Waals surface area contributed by atoms with Gasteiger partial charge in [-0.1, -0.05) is 5.16 Å². The Kier molecular flexibility index (Phi) is 3.16. The van der Waals surface area contributed by atoms with E-state index in [1.54, 1.807) is 0 Å². The van der Waals surface area contributed by atoms with Crippen molar-refractivity contribution in [3.05, 3.63) is 17.5 Å². The first-order valence-corrected chi connectivity index (χ1v) is 5.05. The van der Waals surface area contributed by atoms with E-state index in [1.807, 2.05) is 13.0 Å².